The van der Waals surface area contributed by atoms with Gasteiger partial charge in [0.1, 0.15) is 6.10 Å². The van der Waals surface area contributed by atoms with E-state index in [-0.39, 0.29) is 6.10 Å². The highest BCUT2D eigenvalue weighted by Gasteiger charge is 2.13. The normalized spacial score (nSPS) is 12.0. The van der Waals surface area contributed by atoms with Gasteiger partial charge in [0.2, 0.25) is 0 Å². The van der Waals surface area contributed by atoms with Crippen molar-refractivity contribution in [2.45, 2.75) is 77.2 Å². The topological polar surface area (TPSA) is 46.5 Å². The van der Waals surface area contributed by atoms with Crippen molar-refractivity contribution in [2.75, 3.05) is 0 Å². The largest absolute Gasteiger partial charge is 0.506 e. The van der Waals surface area contributed by atoms with Gasteiger partial charge in [-0.1, -0.05) is 62.9 Å². The lowest BCUT2D eigenvalue weighted by Crippen LogP contribution is -2.17. The third-order valence-electron chi connectivity index (χ3n) is 3.98. The van der Waals surface area contributed by atoms with E-state index < -0.39 is 6.16 Å². The van der Waals surface area contributed by atoms with E-state index in [1.165, 1.54) is 31.2 Å². The van der Waals surface area contributed by atoms with Gasteiger partial charge in [-0.3, -0.25) is 0 Å². The zero-order valence-electron chi connectivity index (χ0n) is 13.8. The van der Waals surface area contributed by atoms with Crippen molar-refractivity contribution >= 4 is 6.16 Å². The van der Waals surface area contributed by atoms with Crippen LogP contribution in [0.2, 0.25) is 0 Å². The lowest BCUT2D eigenvalue weighted by Gasteiger charge is -2.15. The SMILES string of the molecule is CCCCCCCC(CCCCc1ccccc1)OC(=O)O. The number of benzene rings is 1. The molecule has 0 saturated carbocycles. The van der Waals surface area contributed by atoms with E-state index in [2.05, 4.69) is 31.2 Å². The number of unbranched alkanes of at least 4 members (excludes halogenated alkanes) is 5. The maximum atomic E-state index is 10.8. The molecule has 3 nitrogen and oxygen atoms in total. The van der Waals surface area contributed by atoms with Crippen LogP contribution >= 0.6 is 0 Å². The molecule has 0 radical (unpaired) electrons. The molecule has 1 rings (SSSR count). The quantitative estimate of drug-likeness (QED) is 0.391. The van der Waals surface area contributed by atoms with Crippen LogP contribution in [0.3, 0.4) is 0 Å². The van der Waals surface area contributed by atoms with Crippen molar-refractivity contribution in [2.24, 2.45) is 0 Å². The van der Waals surface area contributed by atoms with Crippen LogP contribution in [0.25, 0.3) is 0 Å². The molecule has 1 aromatic rings. The molecule has 0 saturated heterocycles. The fraction of sp³-hybridized carbons (Fsp3) is 0.632. The molecule has 124 valence electrons. The van der Waals surface area contributed by atoms with Gasteiger partial charge in [0.05, 0.1) is 0 Å². The first kappa shape index (κ1) is 18.5. The Labute approximate surface area is 134 Å². The summed E-state index contributed by atoms with van der Waals surface area (Å²) in [6, 6.07) is 10.4. The van der Waals surface area contributed by atoms with Crippen molar-refractivity contribution in [1.82, 2.24) is 0 Å². The van der Waals surface area contributed by atoms with Crippen molar-refractivity contribution in [3.05, 3.63) is 35.9 Å². The van der Waals surface area contributed by atoms with Crippen molar-refractivity contribution in [3.63, 3.8) is 0 Å². The van der Waals surface area contributed by atoms with Gasteiger partial charge in [-0.15, -0.1) is 0 Å². The summed E-state index contributed by atoms with van der Waals surface area (Å²) in [5.74, 6) is 0. The molecule has 3 heteroatoms. The highest BCUT2D eigenvalue weighted by molar-refractivity contribution is 5.57. The zero-order chi connectivity index (χ0) is 16.0. The Balaban J connectivity index is 2.18. The fourth-order valence-electron chi connectivity index (χ4n) is 2.73. The highest BCUT2D eigenvalue weighted by Crippen LogP contribution is 2.16. The number of ether oxygens (including phenoxy) is 1. The molecule has 0 aliphatic rings. The van der Waals surface area contributed by atoms with Crippen molar-refractivity contribution < 1.29 is 14.6 Å². The zero-order valence-corrected chi connectivity index (χ0v) is 13.8. The minimum absolute atomic E-state index is 0.130. The van der Waals surface area contributed by atoms with E-state index in [4.69, 9.17) is 9.84 Å². The van der Waals surface area contributed by atoms with E-state index in [9.17, 15) is 4.79 Å². The van der Waals surface area contributed by atoms with Crippen molar-refractivity contribution in [3.8, 4) is 0 Å². The molecule has 0 amide bonds. The summed E-state index contributed by atoms with van der Waals surface area (Å²) < 4.78 is 5.03. The number of rotatable bonds is 12. The molecule has 0 aromatic heterocycles. The van der Waals surface area contributed by atoms with Gasteiger partial charge in [-0.25, -0.2) is 4.79 Å². The lowest BCUT2D eigenvalue weighted by atomic mass is 10.0. The maximum absolute atomic E-state index is 10.8. The van der Waals surface area contributed by atoms with Crippen LogP contribution in [0.4, 0.5) is 4.79 Å². The Morgan fingerprint density at radius 3 is 2.27 bits per heavy atom. The minimum Gasteiger partial charge on any atom is -0.450 e. The Morgan fingerprint density at radius 1 is 1.00 bits per heavy atom. The van der Waals surface area contributed by atoms with Gasteiger partial charge < -0.3 is 9.84 Å². The number of hydrogen-bond donors (Lipinski definition) is 1. The third-order valence-corrected chi connectivity index (χ3v) is 3.98. The van der Waals surface area contributed by atoms with Crippen LogP contribution in [-0.2, 0) is 11.2 Å². The first-order valence-electron chi connectivity index (χ1n) is 8.66. The molecule has 0 aliphatic heterocycles. The average molecular weight is 306 g/mol. The molecule has 1 aromatic carbocycles. The lowest BCUT2D eigenvalue weighted by molar-refractivity contribution is 0.0423. The molecule has 0 heterocycles. The van der Waals surface area contributed by atoms with Crippen LogP contribution in [0.15, 0.2) is 30.3 Å². The molecule has 0 aliphatic carbocycles. The monoisotopic (exact) mass is 306 g/mol. The molecular weight excluding hydrogens is 276 g/mol. The minimum atomic E-state index is -1.14. The van der Waals surface area contributed by atoms with Crippen LogP contribution in [0, 0.1) is 0 Å². The Morgan fingerprint density at radius 2 is 1.64 bits per heavy atom. The summed E-state index contributed by atoms with van der Waals surface area (Å²) in [4.78, 5) is 10.8. The van der Waals surface area contributed by atoms with E-state index in [1.807, 2.05) is 6.07 Å². The number of hydrogen-bond acceptors (Lipinski definition) is 2. The molecular formula is C19H30O3. The molecule has 0 bridgehead atoms. The van der Waals surface area contributed by atoms with Crippen LogP contribution in [0.1, 0.15) is 70.3 Å². The van der Waals surface area contributed by atoms with E-state index >= 15 is 0 Å². The summed E-state index contributed by atoms with van der Waals surface area (Å²) in [6.07, 6.45) is 9.57. The first-order valence-corrected chi connectivity index (χ1v) is 8.66. The number of carbonyl (C=O) groups is 1. The van der Waals surface area contributed by atoms with Crippen LogP contribution in [0.5, 0.6) is 0 Å². The average Bonchev–Trinajstić information content (AvgIpc) is 2.51. The van der Waals surface area contributed by atoms with Gasteiger partial charge in [0, 0.05) is 0 Å². The summed E-state index contributed by atoms with van der Waals surface area (Å²) in [6.45, 7) is 2.20. The second-order valence-corrected chi connectivity index (χ2v) is 5.94. The van der Waals surface area contributed by atoms with E-state index in [0.29, 0.717) is 0 Å². The van der Waals surface area contributed by atoms with E-state index in [0.717, 1.165) is 38.5 Å². The van der Waals surface area contributed by atoms with Crippen molar-refractivity contribution in [1.29, 1.82) is 0 Å². The Hall–Kier alpha value is -1.51. The molecule has 22 heavy (non-hydrogen) atoms. The standard InChI is InChI=1S/C19H30O3/c1-2-3-4-5-9-15-18(22-19(20)21)16-11-10-14-17-12-7-6-8-13-17/h6-8,12-13,18H,2-5,9-11,14-16H2,1H3,(H,20,21). The fourth-order valence-corrected chi connectivity index (χ4v) is 2.73. The maximum Gasteiger partial charge on any atom is 0.506 e. The first-order chi connectivity index (χ1) is 10.7. The molecule has 1 unspecified atom stereocenters. The van der Waals surface area contributed by atoms with Gasteiger partial charge in [0.15, 0.2) is 0 Å². The summed E-state index contributed by atoms with van der Waals surface area (Å²) in [5.41, 5.74) is 1.35. The molecule has 1 N–H and O–H groups in total. The number of aryl methyl sites for hydroxylation is 1. The second kappa shape index (κ2) is 12.1. The van der Waals surface area contributed by atoms with Gasteiger partial charge in [-0.2, -0.15) is 0 Å². The molecule has 1 atom stereocenters. The Kier molecular flexibility index (Phi) is 10.2. The Bertz CT molecular complexity index is 389. The third kappa shape index (κ3) is 9.43. The molecule has 0 fully saturated rings. The number of carboxylic acid groups (broad SMARTS) is 1. The van der Waals surface area contributed by atoms with Gasteiger partial charge in [0.25, 0.3) is 0 Å². The van der Waals surface area contributed by atoms with E-state index in [1.54, 1.807) is 0 Å². The summed E-state index contributed by atoms with van der Waals surface area (Å²) in [7, 11) is 0. The smallest absolute Gasteiger partial charge is 0.450 e. The van der Waals surface area contributed by atoms with Crippen LogP contribution in [-0.4, -0.2) is 17.4 Å². The van der Waals surface area contributed by atoms with Crippen LogP contribution < -0.4 is 0 Å². The summed E-state index contributed by atoms with van der Waals surface area (Å²) in [5, 5.41) is 8.84. The predicted octanol–water partition coefficient (Wildman–Crippen LogP) is 5.82. The predicted molar refractivity (Wildman–Crippen MR) is 90.3 cm³/mol. The summed E-state index contributed by atoms with van der Waals surface area (Å²) >= 11 is 0. The second-order valence-electron chi connectivity index (χ2n) is 5.94. The highest BCUT2D eigenvalue weighted by atomic mass is 16.7. The van der Waals surface area contributed by atoms with Gasteiger partial charge in [-0.05, 0) is 44.1 Å². The molecule has 0 spiro atoms. The van der Waals surface area contributed by atoms with Gasteiger partial charge >= 0.3 is 6.16 Å².